The van der Waals surface area contributed by atoms with Crippen molar-refractivity contribution in [2.24, 2.45) is 7.05 Å². The Morgan fingerprint density at radius 1 is 1.53 bits per heavy atom. The van der Waals surface area contributed by atoms with Gasteiger partial charge in [0.25, 0.3) is 5.56 Å². The molecule has 0 aliphatic heterocycles. The molecular weight excluding hydrogens is 234 g/mol. The molecule has 2 N–H and O–H groups in total. The quantitative estimate of drug-likeness (QED) is 0.827. The number of hydrogen-bond acceptors (Lipinski definition) is 4. The van der Waals surface area contributed by atoms with Gasteiger partial charge in [-0.05, 0) is 12.1 Å². The zero-order chi connectivity index (χ0) is 11.0. The van der Waals surface area contributed by atoms with Gasteiger partial charge in [0.15, 0.2) is 0 Å². The largest absolute Gasteiger partial charge is 0.394 e. The molecule has 15 heavy (non-hydrogen) atoms. The summed E-state index contributed by atoms with van der Waals surface area (Å²) in [6.07, 6.45) is 1.57. The highest BCUT2D eigenvalue weighted by molar-refractivity contribution is 7.19. The standard InChI is InChI=1S/C9H8ClN3OS/c1-13-9(14)8(11)5(4-12-13)6-2-3-7(10)15-6/h2-4H,11H2,1H3. The maximum atomic E-state index is 11.5. The summed E-state index contributed by atoms with van der Waals surface area (Å²) < 4.78 is 1.86. The molecule has 0 saturated carbocycles. The molecule has 0 aromatic carbocycles. The fourth-order valence-electron chi connectivity index (χ4n) is 1.21. The molecule has 0 fully saturated rings. The van der Waals surface area contributed by atoms with Gasteiger partial charge in [-0.2, -0.15) is 5.10 Å². The average molecular weight is 242 g/mol. The summed E-state index contributed by atoms with van der Waals surface area (Å²) in [6.45, 7) is 0. The summed E-state index contributed by atoms with van der Waals surface area (Å²) in [5.41, 5.74) is 6.25. The van der Waals surface area contributed by atoms with Crippen LogP contribution < -0.4 is 11.3 Å². The van der Waals surface area contributed by atoms with E-state index in [1.807, 2.05) is 6.07 Å². The molecule has 2 rings (SSSR count). The van der Waals surface area contributed by atoms with Gasteiger partial charge in [-0.25, -0.2) is 4.68 Å². The minimum atomic E-state index is -0.294. The first-order valence-corrected chi connectivity index (χ1v) is 5.36. The van der Waals surface area contributed by atoms with Crippen LogP contribution in [0.3, 0.4) is 0 Å². The zero-order valence-electron chi connectivity index (χ0n) is 7.90. The second-order valence-corrected chi connectivity index (χ2v) is 4.72. The summed E-state index contributed by atoms with van der Waals surface area (Å²) in [4.78, 5) is 12.4. The van der Waals surface area contributed by atoms with E-state index in [0.717, 1.165) is 4.88 Å². The lowest BCUT2D eigenvalue weighted by molar-refractivity contribution is 0.712. The van der Waals surface area contributed by atoms with Crippen LogP contribution >= 0.6 is 22.9 Å². The number of nitrogens with zero attached hydrogens (tertiary/aromatic N) is 2. The third-order valence-electron chi connectivity index (χ3n) is 2.01. The first-order valence-electron chi connectivity index (χ1n) is 4.17. The van der Waals surface area contributed by atoms with E-state index in [4.69, 9.17) is 17.3 Å². The van der Waals surface area contributed by atoms with Crippen molar-refractivity contribution in [2.75, 3.05) is 5.73 Å². The number of hydrogen-bond donors (Lipinski definition) is 1. The van der Waals surface area contributed by atoms with Gasteiger partial charge in [0.1, 0.15) is 5.69 Å². The number of halogens is 1. The first-order chi connectivity index (χ1) is 7.09. The van der Waals surface area contributed by atoms with Gasteiger partial charge in [0.2, 0.25) is 0 Å². The fourth-order valence-corrected chi connectivity index (χ4v) is 2.28. The van der Waals surface area contributed by atoms with Crippen molar-refractivity contribution < 1.29 is 0 Å². The van der Waals surface area contributed by atoms with Crippen LogP contribution in [0.5, 0.6) is 0 Å². The van der Waals surface area contributed by atoms with Gasteiger partial charge < -0.3 is 5.73 Å². The van der Waals surface area contributed by atoms with Crippen molar-refractivity contribution in [1.82, 2.24) is 9.78 Å². The van der Waals surface area contributed by atoms with Crippen LogP contribution in [0.25, 0.3) is 10.4 Å². The molecule has 0 unspecified atom stereocenters. The molecule has 2 heterocycles. The molecule has 0 spiro atoms. The van der Waals surface area contributed by atoms with Gasteiger partial charge in [0, 0.05) is 17.5 Å². The number of thiophene rings is 1. The Balaban J connectivity index is 2.64. The Labute approximate surface area is 94.9 Å². The minimum absolute atomic E-state index is 0.200. The van der Waals surface area contributed by atoms with Crippen molar-refractivity contribution in [2.45, 2.75) is 0 Å². The monoisotopic (exact) mass is 241 g/mol. The number of rotatable bonds is 1. The molecule has 0 amide bonds. The third-order valence-corrected chi connectivity index (χ3v) is 3.28. The Morgan fingerprint density at radius 3 is 2.87 bits per heavy atom. The highest BCUT2D eigenvalue weighted by Crippen LogP contribution is 2.32. The maximum Gasteiger partial charge on any atom is 0.290 e. The lowest BCUT2D eigenvalue weighted by Gasteiger charge is -2.03. The summed E-state index contributed by atoms with van der Waals surface area (Å²) >= 11 is 7.17. The molecule has 0 aliphatic rings. The molecule has 78 valence electrons. The highest BCUT2D eigenvalue weighted by Gasteiger charge is 2.09. The molecule has 0 aliphatic carbocycles. The molecule has 0 bridgehead atoms. The number of nitrogens with two attached hydrogens (primary N) is 1. The SMILES string of the molecule is Cn1ncc(-c2ccc(Cl)s2)c(N)c1=O. The third kappa shape index (κ3) is 1.75. The molecule has 2 aromatic heterocycles. The Morgan fingerprint density at radius 2 is 2.27 bits per heavy atom. The molecule has 2 aromatic rings. The van der Waals surface area contributed by atoms with Crippen LogP contribution in [0.2, 0.25) is 4.34 Å². The summed E-state index contributed by atoms with van der Waals surface area (Å²) in [6, 6.07) is 3.58. The molecule has 6 heteroatoms. The van der Waals surface area contributed by atoms with Gasteiger partial charge >= 0.3 is 0 Å². The van der Waals surface area contributed by atoms with E-state index in [-0.39, 0.29) is 11.2 Å². The van der Waals surface area contributed by atoms with Crippen molar-refractivity contribution in [1.29, 1.82) is 0 Å². The number of aryl methyl sites for hydroxylation is 1. The average Bonchev–Trinajstić information content (AvgIpc) is 2.61. The van der Waals surface area contributed by atoms with Crippen LogP contribution in [0.15, 0.2) is 23.1 Å². The smallest absolute Gasteiger partial charge is 0.290 e. The molecule has 4 nitrogen and oxygen atoms in total. The van der Waals surface area contributed by atoms with Gasteiger partial charge in [-0.15, -0.1) is 11.3 Å². The topological polar surface area (TPSA) is 60.9 Å². The second kappa shape index (κ2) is 3.67. The van der Waals surface area contributed by atoms with Crippen LogP contribution in [-0.4, -0.2) is 9.78 Å². The van der Waals surface area contributed by atoms with Crippen LogP contribution in [-0.2, 0) is 7.05 Å². The molecular formula is C9H8ClN3OS. The summed E-state index contributed by atoms with van der Waals surface area (Å²) in [7, 11) is 1.56. The molecule has 0 radical (unpaired) electrons. The Hall–Kier alpha value is -1.33. The van der Waals surface area contributed by atoms with Crippen LogP contribution in [0, 0.1) is 0 Å². The van der Waals surface area contributed by atoms with E-state index in [1.165, 1.54) is 16.0 Å². The maximum absolute atomic E-state index is 11.5. The fraction of sp³-hybridized carbons (Fsp3) is 0.111. The first kappa shape index (κ1) is 10.2. The highest BCUT2D eigenvalue weighted by atomic mass is 35.5. The van der Waals surface area contributed by atoms with Gasteiger partial charge in [0.05, 0.1) is 10.5 Å². The van der Waals surface area contributed by atoms with Crippen molar-refractivity contribution in [3.63, 3.8) is 0 Å². The van der Waals surface area contributed by atoms with Crippen molar-refractivity contribution in [3.05, 3.63) is 33.0 Å². The summed E-state index contributed by atoms with van der Waals surface area (Å²) in [5.74, 6) is 0. The molecule has 0 saturated heterocycles. The Bertz CT molecular complexity index is 561. The van der Waals surface area contributed by atoms with E-state index in [9.17, 15) is 4.79 Å². The van der Waals surface area contributed by atoms with Crippen molar-refractivity contribution in [3.8, 4) is 10.4 Å². The van der Waals surface area contributed by atoms with Gasteiger partial charge in [-0.1, -0.05) is 11.6 Å². The van der Waals surface area contributed by atoms with E-state index in [2.05, 4.69) is 5.10 Å². The summed E-state index contributed by atoms with van der Waals surface area (Å²) in [5, 5.41) is 3.91. The van der Waals surface area contributed by atoms with E-state index in [1.54, 1.807) is 19.3 Å². The van der Waals surface area contributed by atoms with E-state index in [0.29, 0.717) is 9.90 Å². The van der Waals surface area contributed by atoms with Crippen molar-refractivity contribution >= 4 is 28.6 Å². The van der Waals surface area contributed by atoms with Crippen LogP contribution in [0.1, 0.15) is 0 Å². The second-order valence-electron chi connectivity index (χ2n) is 3.00. The predicted octanol–water partition coefficient (Wildman–Crippen LogP) is 1.74. The zero-order valence-corrected chi connectivity index (χ0v) is 9.47. The minimum Gasteiger partial charge on any atom is -0.394 e. The van der Waals surface area contributed by atoms with E-state index >= 15 is 0 Å². The molecule has 0 atom stereocenters. The lowest BCUT2D eigenvalue weighted by atomic mass is 10.2. The number of nitrogen functional groups attached to an aromatic ring is 1. The predicted molar refractivity (Wildman–Crippen MR) is 62.2 cm³/mol. The van der Waals surface area contributed by atoms with Gasteiger partial charge in [-0.3, -0.25) is 4.79 Å². The number of anilines is 1. The van der Waals surface area contributed by atoms with E-state index < -0.39 is 0 Å². The van der Waals surface area contributed by atoms with Crippen LogP contribution in [0.4, 0.5) is 5.69 Å². The Kier molecular flexibility index (Phi) is 2.50. The lowest BCUT2D eigenvalue weighted by Crippen LogP contribution is -2.22. The normalized spacial score (nSPS) is 10.5. The number of aromatic nitrogens is 2.